The third-order valence-corrected chi connectivity index (χ3v) is 14.0. The highest BCUT2D eigenvalue weighted by molar-refractivity contribution is 5.98. The predicted octanol–water partition coefficient (Wildman–Crippen LogP) is 18.3. The summed E-state index contributed by atoms with van der Waals surface area (Å²) in [6.07, 6.45) is 1.87. The normalized spacial score (nSPS) is 12.9. The highest BCUT2D eigenvalue weighted by Gasteiger charge is 2.30. The first-order chi connectivity index (χ1) is 35.5. The van der Waals surface area contributed by atoms with E-state index in [1.54, 1.807) is 0 Å². The fourth-order valence-corrected chi connectivity index (χ4v) is 10.0. The minimum atomic E-state index is -2.56. The van der Waals surface area contributed by atoms with Gasteiger partial charge in [0.25, 0.3) is 0 Å². The van der Waals surface area contributed by atoms with Crippen LogP contribution in [0.1, 0.15) is 94.2 Å². The molecule has 0 saturated heterocycles. The number of fused-ring (bicyclic) bond motifs is 1. The minimum absolute atomic E-state index is 0.111. The van der Waals surface area contributed by atoms with Gasteiger partial charge in [-0.2, -0.15) is 0 Å². The summed E-state index contributed by atoms with van der Waals surface area (Å²) in [4.78, 5) is 10.6. The molecule has 4 heteroatoms. The van der Waals surface area contributed by atoms with Crippen LogP contribution in [0.4, 0.5) is 0 Å². The van der Waals surface area contributed by atoms with Crippen LogP contribution in [0.25, 0.3) is 95.0 Å². The Bertz CT molecular complexity index is 3760. The SMILES string of the molecule is [2H]C([2H])([2H])c1cc(-c2c(-c3ccccc3)cccc2C(C)(C)C)ccc1-n1c(-c2cc(C(C)(C)C)cc(C(C)(C)C)c2O)nc2c(-c3cc(-c4ccccc4)cc(-c4cc(-c5ccc(C)cc5)ccn4)c3)cccc21. The molecular weight excluding hydrogens is 875 g/mol. The monoisotopic (exact) mass is 943 g/mol. The van der Waals surface area contributed by atoms with Crippen LogP contribution in [0, 0.1) is 13.8 Å². The molecule has 2 heterocycles. The maximum atomic E-state index is 12.7. The number of pyridine rings is 1. The molecule has 0 aliphatic heterocycles. The zero-order valence-corrected chi connectivity index (χ0v) is 43.2. The van der Waals surface area contributed by atoms with Crippen molar-refractivity contribution in [1.82, 2.24) is 14.5 Å². The largest absolute Gasteiger partial charge is 0.507 e. The molecule has 10 aromatic rings. The maximum Gasteiger partial charge on any atom is 0.149 e. The topological polar surface area (TPSA) is 50.9 Å². The lowest BCUT2D eigenvalue weighted by molar-refractivity contribution is 0.446. The van der Waals surface area contributed by atoms with Crippen LogP contribution in [0.2, 0.25) is 0 Å². The van der Waals surface area contributed by atoms with Crippen LogP contribution >= 0.6 is 0 Å². The second kappa shape index (κ2) is 18.4. The number of hydrogen-bond acceptors (Lipinski definition) is 3. The van der Waals surface area contributed by atoms with E-state index in [2.05, 4.69) is 191 Å². The summed E-state index contributed by atoms with van der Waals surface area (Å²) in [7, 11) is 0. The first-order valence-corrected chi connectivity index (χ1v) is 25.0. The number of phenolic OH excluding ortho intramolecular Hbond substituents is 1. The molecule has 4 nitrogen and oxygen atoms in total. The number of benzene rings is 8. The van der Waals surface area contributed by atoms with E-state index in [4.69, 9.17) is 9.97 Å². The van der Waals surface area contributed by atoms with E-state index in [0.29, 0.717) is 28.1 Å². The van der Waals surface area contributed by atoms with E-state index in [0.717, 1.165) is 83.6 Å². The van der Waals surface area contributed by atoms with Gasteiger partial charge in [0.1, 0.15) is 11.6 Å². The molecule has 10 rings (SSSR count). The fourth-order valence-electron chi connectivity index (χ4n) is 10.0. The average molecular weight is 943 g/mol. The molecule has 0 saturated carbocycles. The lowest BCUT2D eigenvalue weighted by Crippen LogP contribution is -2.17. The molecule has 0 unspecified atom stereocenters. The third-order valence-electron chi connectivity index (χ3n) is 14.0. The van der Waals surface area contributed by atoms with Gasteiger partial charge < -0.3 is 5.11 Å². The van der Waals surface area contributed by atoms with Crippen LogP contribution in [0.15, 0.2) is 188 Å². The van der Waals surface area contributed by atoms with Gasteiger partial charge in [0, 0.05) is 27.0 Å². The average Bonchev–Trinajstić information content (AvgIpc) is 3.78. The van der Waals surface area contributed by atoms with Crippen LogP contribution in [0.5, 0.6) is 5.75 Å². The Morgan fingerprint density at radius 1 is 0.472 bits per heavy atom. The van der Waals surface area contributed by atoms with Gasteiger partial charge in [0.15, 0.2) is 0 Å². The molecule has 0 fully saturated rings. The summed E-state index contributed by atoms with van der Waals surface area (Å²) in [5, 5.41) is 12.7. The van der Waals surface area contributed by atoms with Crippen molar-refractivity contribution < 1.29 is 9.22 Å². The van der Waals surface area contributed by atoms with E-state index in [1.165, 1.54) is 5.56 Å². The van der Waals surface area contributed by atoms with E-state index in [1.807, 2.05) is 71.4 Å². The zero-order valence-electron chi connectivity index (χ0n) is 46.2. The smallest absolute Gasteiger partial charge is 0.149 e. The molecule has 358 valence electrons. The summed E-state index contributed by atoms with van der Waals surface area (Å²) in [6.45, 7) is 18.9. The summed E-state index contributed by atoms with van der Waals surface area (Å²) in [6, 6.07) is 62.5. The number of imidazole rings is 1. The van der Waals surface area contributed by atoms with E-state index in [-0.39, 0.29) is 22.1 Å². The quantitative estimate of drug-likeness (QED) is 0.165. The van der Waals surface area contributed by atoms with Crippen molar-refractivity contribution in [2.24, 2.45) is 0 Å². The Balaban J connectivity index is 1.28. The van der Waals surface area contributed by atoms with Crippen LogP contribution < -0.4 is 0 Å². The van der Waals surface area contributed by atoms with Crippen LogP contribution in [0.3, 0.4) is 0 Å². The molecule has 72 heavy (non-hydrogen) atoms. The van der Waals surface area contributed by atoms with Crippen molar-refractivity contribution >= 4 is 11.0 Å². The summed E-state index contributed by atoms with van der Waals surface area (Å²) < 4.78 is 30.0. The number of aromatic nitrogens is 3. The lowest BCUT2D eigenvalue weighted by atomic mass is 9.78. The van der Waals surface area contributed by atoms with Gasteiger partial charge in [0.2, 0.25) is 0 Å². The molecule has 0 amide bonds. The summed E-state index contributed by atoms with van der Waals surface area (Å²) in [5.41, 5.74) is 17.3. The van der Waals surface area contributed by atoms with Crippen molar-refractivity contribution in [2.75, 3.05) is 0 Å². The third kappa shape index (κ3) is 9.19. The Kier molecular flexibility index (Phi) is 11.3. The minimum Gasteiger partial charge on any atom is -0.507 e. The molecule has 0 spiro atoms. The van der Waals surface area contributed by atoms with Gasteiger partial charge >= 0.3 is 0 Å². The Hall–Kier alpha value is -7.82. The molecule has 8 aromatic carbocycles. The Labute approximate surface area is 431 Å². The van der Waals surface area contributed by atoms with Crippen molar-refractivity contribution in [3.63, 3.8) is 0 Å². The van der Waals surface area contributed by atoms with Gasteiger partial charge in [-0.1, -0.05) is 195 Å². The van der Waals surface area contributed by atoms with E-state index in [9.17, 15) is 9.22 Å². The van der Waals surface area contributed by atoms with Crippen molar-refractivity contribution in [3.8, 4) is 89.7 Å². The van der Waals surface area contributed by atoms with Crippen LogP contribution in [-0.4, -0.2) is 19.6 Å². The van der Waals surface area contributed by atoms with Gasteiger partial charge in [-0.3, -0.25) is 9.55 Å². The highest BCUT2D eigenvalue weighted by Crippen LogP contribution is 2.47. The highest BCUT2D eigenvalue weighted by atomic mass is 16.3. The lowest BCUT2D eigenvalue weighted by Gasteiger charge is -2.28. The molecule has 0 aliphatic rings. The Morgan fingerprint density at radius 3 is 1.78 bits per heavy atom. The molecule has 1 N–H and O–H groups in total. The number of aromatic hydroxyl groups is 1. The fraction of sp³-hybridized carbons (Fsp3) is 0.206. The van der Waals surface area contributed by atoms with Crippen molar-refractivity contribution in [3.05, 3.63) is 216 Å². The molecular formula is C68H65N3O. The number of aryl methyl sites for hydroxylation is 2. The van der Waals surface area contributed by atoms with Gasteiger partial charge in [0.05, 0.1) is 28.0 Å². The maximum absolute atomic E-state index is 12.7. The summed E-state index contributed by atoms with van der Waals surface area (Å²) in [5.74, 6) is 0.553. The molecule has 0 radical (unpaired) electrons. The number of hydrogen-bond donors (Lipinski definition) is 1. The number of para-hydroxylation sites is 1. The first kappa shape index (κ1) is 44.1. The summed E-state index contributed by atoms with van der Waals surface area (Å²) >= 11 is 0. The standard InChI is InChI=1S/C68H65N3O/c1-43-28-30-46(31-29-43)48-34-35-69-59(40-48)52-38-50(45-20-14-12-15-21-45)37-51(39-52)55-25-19-27-61-63(55)70-65(56-41-53(66(3,4)5)42-58(64(56)72)68(9,10)11)71(61)60-33-32-49(36-44(60)2)62-54(47-22-16-13-17-23-47)24-18-26-57(62)67(6,7)8/h12-42,72H,1-11H3/i2D3. The second-order valence-corrected chi connectivity index (χ2v) is 22.4. The first-order valence-electron chi connectivity index (χ1n) is 26.5. The van der Waals surface area contributed by atoms with Crippen LogP contribution in [-0.2, 0) is 16.2 Å². The van der Waals surface area contributed by atoms with E-state index >= 15 is 0 Å². The van der Waals surface area contributed by atoms with E-state index < -0.39 is 12.3 Å². The Morgan fingerprint density at radius 2 is 1.10 bits per heavy atom. The number of rotatable bonds is 8. The molecule has 0 bridgehead atoms. The van der Waals surface area contributed by atoms with Gasteiger partial charge in [-0.05, 0) is 151 Å². The predicted molar refractivity (Wildman–Crippen MR) is 304 cm³/mol. The molecule has 2 aromatic heterocycles. The van der Waals surface area contributed by atoms with Gasteiger partial charge in [-0.15, -0.1) is 0 Å². The second-order valence-electron chi connectivity index (χ2n) is 22.4. The molecule has 0 aliphatic carbocycles. The molecule has 0 atom stereocenters. The van der Waals surface area contributed by atoms with Gasteiger partial charge in [-0.25, -0.2) is 4.98 Å². The van der Waals surface area contributed by atoms with Crippen molar-refractivity contribution in [2.45, 2.75) is 92.3 Å². The number of nitrogens with zero attached hydrogens (tertiary/aromatic N) is 3. The zero-order chi connectivity index (χ0) is 53.2. The number of phenols is 1. The van der Waals surface area contributed by atoms with Crippen molar-refractivity contribution in [1.29, 1.82) is 0 Å².